The van der Waals surface area contributed by atoms with Gasteiger partial charge < -0.3 is 15.1 Å². The summed E-state index contributed by atoms with van der Waals surface area (Å²) in [6.07, 6.45) is 0. The quantitative estimate of drug-likeness (QED) is 0.918. The van der Waals surface area contributed by atoms with Crippen molar-refractivity contribution in [1.29, 1.82) is 0 Å². The third-order valence-corrected chi connectivity index (χ3v) is 4.41. The number of amidine groups is 1. The average Bonchev–Trinajstić information content (AvgIpc) is 3.02. The van der Waals surface area contributed by atoms with Crippen LogP contribution in [0.25, 0.3) is 0 Å². The molecule has 0 aliphatic carbocycles. The molecule has 0 atom stereocenters. The number of anilines is 2. The molecule has 136 valence electrons. The second-order valence-electron chi connectivity index (χ2n) is 6.69. The molecule has 0 aromatic heterocycles. The molecule has 0 bridgehead atoms. The van der Waals surface area contributed by atoms with Gasteiger partial charge in [-0.3, -0.25) is 9.79 Å². The van der Waals surface area contributed by atoms with E-state index in [0.717, 1.165) is 23.6 Å². The molecule has 1 amide bonds. The van der Waals surface area contributed by atoms with Crippen LogP contribution in [0.4, 0.5) is 15.8 Å². The Morgan fingerprint density at radius 1 is 1.23 bits per heavy atom. The van der Waals surface area contributed by atoms with E-state index in [1.165, 1.54) is 12.1 Å². The van der Waals surface area contributed by atoms with Gasteiger partial charge in [-0.25, -0.2) is 4.39 Å². The Kier molecular flexibility index (Phi) is 4.93. The maximum absolute atomic E-state index is 14.6. The summed E-state index contributed by atoms with van der Waals surface area (Å²) >= 11 is 0. The van der Waals surface area contributed by atoms with E-state index in [1.807, 2.05) is 56.1 Å². The van der Waals surface area contributed by atoms with E-state index in [1.54, 1.807) is 6.07 Å². The molecule has 6 heteroatoms. The molecule has 1 aliphatic heterocycles. The fraction of sp³-hybridized carbons (Fsp3) is 0.300. The highest BCUT2D eigenvalue weighted by Gasteiger charge is 2.19. The Hall–Kier alpha value is -2.89. The molecular weight excluding hydrogens is 331 g/mol. The van der Waals surface area contributed by atoms with Crippen molar-refractivity contribution in [1.82, 2.24) is 4.90 Å². The Balaban J connectivity index is 1.85. The Labute approximate surface area is 153 Å². The Morgan fingerprint density at radius 2 is 2.00 bits per heavy atom. The van der Waals surface area contributed by atoms with Crippen LogP contribution >= 0.6 is 0 Å². The van der Waals surface area contributed by atoms with Crippen molar-refractivity contribution < 1.29 is 9.18 Å². The number of rotatable bonds is 4. The first-order valence-corrected chi connectivity index (χ1v) is 8.51. The maximum atomic E-state index is 14.6. The van der Waals surface area contributed by atoms with Crippen molar-refractivity contribution >= 4 is 23.1 Å². The van der Waals surface area contributed by atoms with E-state index in [-0.39, 0.29) is 5.56 Å². The highest BCUT2D eigenvalue weighted by Crippen LogP contribution is 2.26. The minimum absolute atomic E-state index is 0.0141. The van der Waals surface area contributed by atoms with Gasteiger partial charge in [-0.05, 0) is 36.8 Å². The summed E-state index contributed by atoms with van der Waals surface area (Å²) in [7, 11) is 5.72. The van der Waals surface area contributed by atoms with Gasteiger partial charge in [0.2, 0.25) is 0 Å². The fourth-order valence-electron chi connectivity index (χ4n) is 2.99. The Morgan fingerprint density at radius 3 is 2.62 bits per heavy atom. The summed E-state index contributed by atoms with van der Waals surface area (Å²) in [5, 5.41) is 2.81. The first-order chi connectivity index (χ1) is 12.4. The van der Waals surface area contributed by atoms with Gasteiger partial charge in [0.25, 0.3) is 5.91 Å². The summed E-state index contributed by atoms with van der Waals surface area (Å²) in [6.45, 7) is 3.51. The fourth-order valence-corrected chi connectivity index (χ4v) is 2.99. The molecule has 26 heavy (non-hydrogen) atoms. The molecule has 0 unspecified atom stereocenters. The zero-order chi connectivity index (χ0) is 18.8. The molecule has 0 spiro atoms. The maximum Gasteiger partial charge on any atom is 0.258 e. The number of aryl methyl sites for hydroxylation is 1. The van der Waals surface area contributed by atoms with Crippen LogP contribution in [0.3, 0.4) is 0 Å². The first kappa shape index (κ1) is 17.9. The standard InChI is InChI=1S/C20H23FN4O/c1-13-5-8-17(18(11-13)24(2)3)23-20(26)15-7-6-14(12-16(15)21)19-22-9-10-25(19)4/h5-8,11-12H,9-10H2,1-4H3,(H,23,26). The molecule has 2 aromatic carbocycles. The molecule has 0 fully saturated rings. The van der Waals surface area contributed by atoms with Gasteiger partial charge in [-0.2, -0.15) is 0 Å². The van der Waals surface area contributed by atoms with Crippen molar-refractivity contribution in [3.8, 4) is 0 Å². The van der Waals surface area contributed by atoms with Crippen LogP contribution in [0.5, 0.6) is 0 Å². The lowest BCUT2D eigenvalue weighted by Gasteiger charge is -2.19. The number of benzene rings is 2. The molecular formula is C20H23FN4O. The number of aliphatic imine (C=N–C) groups is 1. The van der Waals surface area contributed by atoms with E-state index in [9.17, 15) is 9.18 Å². The predicted octanol–water partition coefficient (Wildman–Crippen LogP) is 3.14. The van der Waals surface area contributed by atoms with Gasteiger partial charge in [-0.15, -0.1) is 0 Å². The molecule has 0 radical (unpaired) electrons. The second kappa shape index (κ2) is 7.15. The summed E-state index contributed by atoms with van der Waals surface area (Å²) in [6, 6.07) is 10.3. The summed E-state index contributed by atoms with van der Waals surface area (Å²) in [5.74, 6) is -0.270. The molecule has 2 aromatic rings. The minimum Gasteiger partial charge on any atom is -0.376 e. The highest BCUT2D eigenvalue weighted by atomic mass is 19.1. The minimum atomic E-state index is -0.554. The van der Waals surface area contributed by atoms with Crippen molar-refractivity contribution in [2.45, 2.75) is 6.92 Å². The van der Waals surface area contributed by atoms with Gasteiger partial charge >= 0.3 is 0 Å². The van der Waals surface area contributed by atoms with Crippen LogP contribution in [0, 0.1) is 12.7 Å². The molecule has 0 saturated carbocycles. The molecule has 5 nitrogen and oxygen atoms in total. The van der Waals surface area contributed by atoms with Gasteiger partial charge in [0.15, 0.2) is 0 Å². The van der Waals surface area contributed by atoms with E-state index in [2.05, 4.69) is 10.3 Å². The number of carbonyl (C=O) groups is 1. The number of likely N-dealkylation sites (N-methyl/N-ethyl adjacent to an activating group) is 1. The van der Waals surface area contributed by atoms with Crippen LogP contribution in [0.15, 0.2) is 41.4 Å². The van der Waals surface area contributed by atoms with Crippen molar-refractivity contribution in [2.24, 2.45) is 4.99 Å². The topological polar surface area (TPSA) is 47.9 Å². The SMILES string of the molecule is Cc1ccc(NC(=O)c2ccc(C3=NCCN3C)cc2F)c(N(C)C)c1. The zero-order valence-corrected chi connectivity index (χ0v) is 15.5. The third kappa shape index (κ3) is 3.54. The second-order valence-corrected chi connectivity index (χ2v) is 6.69. The summed E-state index contributed by atoms with van der Waals surface area (Å²) < 4.78 is 14.6. The average molecular weight is 354 g/mol. The number of hydrogen-bond donors (Lipinski definition) is 1. The highest BCUT2D eigenvalue weighted by molar-refractivity contribution is 6.07. The van der Waals surface area contributed by atoms with Gasteiger partial charge in [0, 0.05) is 33.3 Å². The van der Waals surface area contributed by atoms with E-state index < -0.39 is 11.7 Å². The summed E-state index contributed by atoms with van der Waals surface area (Å²) in [4.78, 5) is 20.8. The van der Waals surface area contributed by atoms with Crippen molar-refractivity contribution in [2.75, 3.05) is 44.4 Å². The number of amides is 1. The van der Waals surface area contributed by atoms with E-state index in [0.29, 0.717) is 17.8 Å². The van der Waals surface area contributed by atoms with E-state index in [4.69, 9.17) is 0 Å². The largest absolute Gasteiger partial charge is 0.376 e. The van der Waals surface area contributed by atoms with Crippen molar-refractivity contribution in [3.05, 3.63) is 58.9 Å². The van der Waals surface area contributed by atoms with Gasteiger partial charge in [0.05, 0.1) is 23.5 Å². The third-order valence-electron chi connectivity index (χ3n) is 4.41. The lowest BCUT2D eigenvalue weighted by atomic mass is 10.1. The number of halogens is 1. The molecule has 1 N–H and O–H groups in total. The normalized spacial score (nSPS) is 13.6. The lowest BCUT2D eigenvalue weighted by molar-refractivity contribution is 0.102. The van der Waals surface area contributed by atoms with Crippen molar-refractivity contribution in [3.63, 3.8) is 0 Å². The zero-order valence-electron chi connectivity index (χ0n) is 15.5. The molecule has 1 heterocycles. The van der Waals surface area contributed by atoms with Crippen LogP contribution in [0.1, 0.15) is 21.5 Å². The summed E-state index contributed by atoms with van der Waals surface area (Å²) in [5.41, 5.74) is 3.30. The smallest absolute Gasteiger partial charge is 0.258 e. The Bertz CT molecular complexity index is 876. The van der Waals surface area contributed by atoms with Crippen LogP contribution < -0.4 is 10.2 Å². The number of nitrogens with one attached hydrogen (secondary N) is 1. The molecule has 3 rings (SSSR count). The van der Waals surface area contributed by atoms with Crippen LogP contribution in [-0.4, -0.2) is 50.9 Å². The number of nitrogens with zero attached hydrogens (tertiary/aromatic N) is 3. The molecule has 1 aliphatic rings. The van der Waals surface area contributed by atoms with Gasteiger partial charge in [-0.1, -0.05) is 12.1 Å². The predicted molar refractivity (Wildman–Crippen MR) is 104 cm³/mol. The van der Waals surface area contributed by atoms with Crippen LogP contribution in [-0.2, 0) is 0 Å². The number of hydrogen-bond acceptors (Lipinski definition) is 4. The molecule has 0 saturated heterocycles. The first-order valence-electron chi connectivity index (χ1n) is 8.51. The van der Waals surface area contributed by atoms with Gasteiger partial charge in [0.1, 0.15) is 11.7 Å². The van der Waals surface area contributed by atoms with E-state index >= 15 is 0 Å². The monoisotopic (exact) mass is 354 g/mol. The number of carbonyl (C=O) groups excluding carboxylic acids is 1. The lowest BCUT2D eigenvalue weighted by Crippen LogP contribution is -2.24. The van der Waals surface area contributed by atoms with Crippen LogP contribution in [0.2, 0.25) is 0 Å².